The molecule has 1 fully saturated rings. The molecule has 0 aromatic heterocycles. The zero-order chi connectivity index (χ0) is 19.5. The van der Waals surface area contributed by atoms with Gasteiger partial charge < -0.3 is 15.0 Å². The summed E-state index contributed by atoms with van der Waals surface area (Å²) in [6, 6.07) is 21.4. The molecule has 3 aromatic carbocycles. The molecular weight excluding hydrogens is 355 g/mol. The molecule has 0 saturated carbocycles. The minimum absolute atomic E-state index is 0.165. The van der Waals surface area contributed by atoms with Gasteiger partial charge in [-0.3, -0.25) is 4.79 Å². The number of nitrogens with zero attached hydrogens (tertiary/aromatic N) is 1. The van der Waals surface area contributed by atoms with E-state index in [1.807, 2.05) is 36.4 Å². The third-order valence-electron chi connectivity index (χ3n) is 5.00. The van der Waals surface area contributed by atoms with Gasteiger partial charge in [-0.15, -0.1) is 0 Å². The molecule has 4 rings (SSSR count). The number of carbonyl (C=O) groups is 1. The van der Waals surface area contributed by atoms with E-state index in [9.17, 15) is 9.18 Å². The Morgan fingerprint density at radius 3 is 2.07 bits per heavy atom. The van der Waals surface area contributed by atoms with E-state index < -0.39 is 0 Å². The fraction of sp³-hybridized carbons (Fsp3) is 0.174. The number of halogens is 1. The van der Waals surface area contributed by atoms with Crippen molar-refractivity contribution in [3.63, 3.8) is 0 Å². The van der Waals surface area contributed by atoms with E-state index in [0.717, 1.165) is 35.6 Å². The van der Waals surface area contributed by atoms with Crippen molar-refractivity contribution in [1.29, 1.82) is 0 Å². The molecule has 1 N–H and O–H groups in total. The summed E-state index contributed by atoms with van der Waals surface area (Å²) in [7, 11) is 1.73. The third kappa shape index (κ3) is 3.89. The molecule has 0 atom stereocenters. The van der Waals surface area contributed by atoms with E-state index in [-0.39, 0.29) is 11.7 Å². The maximum absolute atomic E-state index is 13.0. The van der Waals surface area contributed by atoms with Crippen molar-refractivity contribution in [2.75, 3.05) is 30.4 Å². The second-order valence-corrected chi connectivity index (χ2v) is 6.85. The lowest BCUT2D eigenvalue weighted by Crippen LogP contribution is -2.51. The number of methoxy groups -OCH3 is 1. The third-order valence-corrected chi connectivity index (χ3v) is 5.00. The van der Waals surface area contributed by atoms with Crippen LogP contribution >= 0.6 is 0 Å². The second-order valence-electron chi connectivity index (χ2n) is 6.85. The molecule has 0 spiro atoms. The molecular formula is C23H21FN2O2. The van der Waals surface area contributed by atoms with Crippen molar-refractivity contribution in [2.24, 2.45) is 0 Å². The second kappa shape index (κ2) is 7.82. The van der Waals surface area contributed by atoms with E-state index in [1.165, 1.54) is 12.1 Å². The first-order valence-corrected chi connectivity index (χ1v) is 9.17. The molecule has 4 nitrogen and oxygen atoms in total. The van der Waals surface area contributed by atoms with Crippen LogP contribution in [0.3, 0.4) is 0 Å². The Hall–Kier alpha value is -3.18. The fourth-order valence-electron chi connectivity index (χ4n) is 3.21. The Kier molecular flexibility index (Phi) is 5.08. The smallest absolute Gasteiger partial charge is 0.255 e. The van der Waals surface area contributed by atoms with Crippen LogP contribution in [-0.4, -0.2) is 32.2 Å². The summed E-state index contributed by atoms with van der Waals surface area (Å²) < 4.78 is 18.3. The highest BCUT2D eigenvalue weighted by Gasteiger charge is 2.26. The topological polar surface area (TPSA) is 41.6 Å². The summed E-state index contributed by atoms with van der Waals surface area (Å²) in [5.41, 5.74) is 4.28. The highest BCUT2D eigenvalue weighted by Crippen LogP contribution is 2.24. The molecule has 0 radical (unpaired) electrons. The Balaban J connectivity index is 1.39. The SMILES string of the molecule is COC1CN(c2ccc(NC(=O)c3ccc(-c4ccc(F)cc4)cc3)cc2)C1. The van der Waals surface area contributed by atoms with Gasteiger partial charge in [0.05, 0.1) is 6.10 Å². The fourth-order valence-corrected chi connectivity index (χ4v) is 3.21. The van der Waals surface area contributed by atoms with Crippen LogP contribution in [0, 0.1) is 5.82 Å². The van der Waals surface area contributed by atoms with Gasteiger partial charge in [0.25, 0.3) is 5.91 Å². The Morgan fingerprint density at radius 1 is 0.929 bits per heavy atom. The summed E-state index contributed by atoms with van der Waals surface area (Å²) in [6.07, 6.45) is 0.303. The van der Waals surface area contributed by atoms with Crippen LogP contribution in [0.15, 0.2) is 72.8 Å². The van der Waals surface area contributed by atoms with E-state index in [0.29, 0.717) is 11.7 Å². The van der Waals surface area contributed by atoms with Crippen LogP contribution in [0.4, 0.5) is 15.8 Å². The molecule has 1 aliphatic heterocycles. The first-order valence-electron chi connectivity index (χ1n) is 9.17. The minimum Gasteiger partial charge on any atom is -0.378 e. The number of hydrogen-bond donors (Lipinski definition) is 1. The lowest BCUT2D eigenvalue weighted by Gasteiger charge is -2.40. The Morgan fingerprint density at radius 2 is 1.50 bits per heavy atom. The number of nitrogens with one attached hydrogen (secondary N) is 1. The van der Waals surface area contributed by atoms with Crippen molar-refractivity contribution in [1.82, 2.24) is 0 Å². The van der Waals surface area contributed by atoms with Crippen molar-refractivity contribution >= 4 is 17.3 Å². The van der Waals surface area contributed by atoms with Gasteiger partial charge >= 0.3 is 0 Å². The molecule has 1 aliphatic rings. The molecule has 1 saturated heterocycles. The average Bonchev–Trinajstić information content (AvgIpc) is 2.69. The maximum atomic E-state index is 13.0. The molecule has 0 bridgehead atoms. The molecule has 142 valence electrons. The highest BCUT2D eigenvalue weighted by atomic mass is 19.1. The van der Waals surface area contributed by atoms with E-state index in [4.69, 9.17) is 4.74 Å². The summed E-state index contributed by atoms with van der Waals surface area (Å²) in [6.45, 7) is 1.78. The lowest BCUT2D eigenvalue weighted by molar-refractivity contribution is 0.0788. The Labute approximate surface area is 163 Å². The number of hydrogen-bond acceptors (Lipinski definition) is 3. The minimum atomic E-state index is -0.265. The van der Waals surface area contributed by atoms with Gasteiger partial charge in [0.1, 0.15) is 5.82 Å². The van der Waals surface area contributed by atoms with Crippen molar-refractivity contribution < 1.29 is 13.9 Å². The molecule has 0 aliphatic carbocycles. The number of rotatable bonds is 5. The molecule has 3 aromatic rings. The summed E-state index contributed by atoms with van der Waals surface area (Å²) in [4.78, 5) is 14.7. The van der Waals surface area contributed by atoms with Crippen LogP contribution in [0.2, 0.25) is 0 Å². The van der Waals surface area contributed by atoms with Crippen LogP contribution in [-0.2, 0) is 4.74 Å². The van der Waals surface area contributed by atoms with Gasteiger partial charge in [-0.25, -0.2) is 4.39 Å². The summed E-state index contributed by atoms with van der Waals surface area (Å²) in [5.74, 6) is -0.430. The van der Waals surface area contributed by atoms with Gasteiger partial charge in [0.2, 0.25) is 0 Å². The van der Waals surface area contributed by atoms with Crippen molar-refractivity contribution in [3.05, 3.63) is 84.2 Å². The number of ether oxygens (including phenoxy) is 1. The van der Waals surface area contributed by atoms with Gasteiger partial charge in [-0.1, -0.05) is 24.3 Å². The van der Waals surface area contributed by atoms with Gasteiger partial charge in [-0.05, 0) is 59.7 Å². The van der Waals surface area contributed by atoms with Crippen molar-refractivity contribution in [2.45, 2.75) is 6.10 Å². The monoisotopic (exact) mass is 376 g/mol. The largest absolute Gasteiger partial charge is 0.378 e. The zero-order valence-corrected chi connectivity index (χ0v) is 15.6. The van der Waals surface area contributed by atoms with E-state index in [1.54, 1.807) is 31.4 Å². The van der Waals surface area contributed by atoms with E-state index in [2.05, 4.69) is 10.2 Å². The summed E-state index contributed by atoms with van der Waals surface area (Å²) >= 11 is 0. The number of carbonyl (C=O) groups excluding carboxylic acids is 1. The first-order chi connectivity index (χ1) is 13.6. The molecule has 5 heteroatoms. The summed E-state index contributed by atoms with van der Waals surface area (Å²) in [5, 5.41) is 2.92. The van der Waals surface area contributed by atoms with Gasteiger partial charge in [0.15, 0.2) is 0 Å². The molecule has 1 amide bonds. The first kappa shape index (κ1) is 18.2. The maximum Gasteiger partial charge on any atom is 0.255 e. The van der Waals surface area contributed by atoms with E-state index >= 15 is 0 Å². The average molecular weight is 376 g/mol. The van der Waals surface area contributed by atoms with Crippen LogP contribution < -0.4 is 10.2 Å². The lowest BCUT2D eigenvalue weighted by atomic mass is 10.0. The molecule has 28 heavy (non-hydrogen) atoms. The molecule has 0 unspecified atom stereocenters. The normalized spacial score (nSPS) is 13.9. The highest BCUT2D eigenvalue weighted by molar-refractivity contribution is 6.04. The Bertz CT molecular complexity index is 947. The van der Waals surface area contributed by atoms with Crippen LogP contribution in [0.25, 0.3) is 11.1 Å². The molecule has 1 heterocycles. The predicted octanol–water partition coefficient (Wildman–Crippen LogP) is 4.58. The number of anilines is 2. The standard InChI is InChI=1S/C23H21FN2O2/c1-28-22-14-26(15-22)21-12-10-20(11-13-21)25-23(27)18-4-2-16(3-5-18)17-6-8-19(24)9-7-17/h2-13,22H,14-15H2,1H3,(H,25,27). The van der Waals surface area contributed by atoms with Gasteiger partial charge in [0, 0.05) is 37.1 Å². The predicted molar refractivity (Wildman–Crippen MR) is 109 cm³/mol. The quantitative estimate of drug-likeness (QED) is 0.709. The van der Waals surface area contributed by atoms with Crippen LogP contribution in [0.5, 0.6) is 0 Å². The number of amides is 1. The zero-order valence-electron chi connectivity index (χ0n) is 15.6. The number of benzene rings is 3. The van der Waals surface area contributed by atoms with Gasteiger partial charge in [-0.2, -0.15) is 0 Å². The van der Waals surface area contributed by atoms with Crippen molar-refractivity contribution in [3.8, 4) is 11.1 Å². The van der Waals surface area contributed by atoms with Crippen LogP contribution in [0.1, 0.15) is 10.4 Å².